The summed E-state index contributed by atoms with van der Waals surface area (Å²) in [6.45, 7) is 8.47. The molecule has 3 atom stereocenters. The second kappa shape index (κ2) is 7.70. The van der Waals surface area contributed by atoms with Crippen molar-refractivity contribution in [2.45, 2.75) is 58.8 Å². The fourth-order valence-corrected chi connectivity index (χ4v) is 3.98. The normalized spacial score (nSPS) is 26.9. The standard InChI is InChI=1S/C13H28N2O4S/c1-5-12(6-2)13(16)7-14-20(17,18)15-8-10(3)19-11(4)9-15/h10-14,16H,5-9H2,1-4H3. The van der Waals surface area contributed by atoms with E-state index in [1.165, 1.54) is 4.31 Å². The van der Waals surface area contributed by atoms with Gasteiger partial charge in [0.15, 0.2) is 0 Å². The van der Waals surface area contributed by atoms with E-state index >= 15 is 0 Å². The Morgan fingerprint density at radius 1 is 1.25 bits per heavy atom. The minimum Gasteiger partial charge on any atom is -0.391 e. The van der Waals surface area contributed by atoms with Gasteiger partial charge in [0.05, 0.1) is 18.3 Å². The summed E-state index contributed by atoms with van der Waals surface area (Å²) in [5, 5.41) is 10.0. The quantitative estimate of drug-likeness (QED) is 0.726. The lowest BCUT2D eigenvalue weighted by Crippen LogP contribution is -2.53. The van der Waals surface area contributed by atoms with Gasteiger partial charge in [-0.05, 0) is 19.8 Å². The first kappa shape index (κ1) is 17.8. The predicted octanol–water partition coefficient (Wildman–Crippen LogP) is 0.727. The average molecular weight is 308 g/mol. The van der Waals surface area contributed by atoms with E-state index in [9.17, 15) is 13.5 Å². The molecule has 0 radical (unpaired) electrons. The number of morpholine rings is 1. The molecule has 20 heavy (non-hydrogen) atoms. The Bertz CT molecular complexity index is 374. The largest absolute Gasteiger partial charge is 0.391 e. The van der Waals surface area contributed by atoms with Gasteiger partial charge in [-0.2, -0.15) is 17.4 Å². The van der Waals surface area contributed by atoms with Gasteiger partial charge in [-0.25, -0.2) is 0 Å². The number of aliphatic hydroxyl groups excluding tert-OH is 1. The van der Waals surface area contributed by atoms with E-state index in [2.05, 4.69) is 4.72 Å². The van der Waals surface area contributed by atoms with Gasteiger partial charge in [-0.1, -0.05) is 26.7 Å². The maximum absolute atomic E-state index is 12.2. The molecule has 1 aliphatic rings. The number of nitrogens with one attached hydrogen (secondary N) is 1. The highest BCUT2D eigenvalue weighted by Gasteiger charge is 2.31. The van der Waals surface area contributed by atoms with Crippen molar-refractivity contribution in [3.63, 3.8) is 0 Å². The zero-order valence-corrected chi connectivity index (χ0v) is 13.7. The van der Waals surface area contributed by atoms with Crippen LogP contribution in [0.5, 0.6) is 0 Å². The molecule has 3 unspecified atom stereocenters. The maximum Gasteiger partial charge on any atom is 0.279 e. The lowest BCUT2D eigenvalue weighted by molar-refractivity contribution is -0.0444. The summed E-state index contributed by atoms with van der Waals surface area (Å²) in [7, 11) is -3.55. The van der Waals surface area contributed by atoms with E-state index in [1.54, 1.807) is 0 Å². The van der Waals surface area contributed by atoms with E-state index < -0.39 is 16.3 Å². The molecule has 0 aliphatic carbocycles. The first-order chi connectivity index (χ1) is 9.30. The molecule has 1 saturated heterocycles. The monoisotopic (exact) mass is 308 g/mol. The summed E-state index contributed by atoms with van der Waals surface area (Å²) in [5.41, 5.74) is 0. The molecule has 1 aliphatic heterocycles. The Kier molecular flexibility index (Phi) is 6.87. The van der Waals surface area contributed by atoms with Gasteiger partial charge in [-0.3, -0.25) is 0 Å². The minimum atomic E-state index is -3.55. The number of rotatable bonds is 7. The second-order valence-corrected chi connectivity index (χ2v) is 7.33. The molecule has 1 fully saturated rings. The number of nitrogens with zero attached hydrogens (tertiary/aromatic N) is 1. The Morgan fingerprint density at radius 2 is 1.75 bits per heavy atom. The summed E-state index contributed by atoms with van der Waals surface area (Å²) in [4.78, 5) is 0. The van der Waals surface area contributed by atoms with Gasteiger partial charge in [-0.15, -0.1) is 0 Å². The van der Waals surface area contributed by atoms with Gasteiger partial charge >= 0.3 is 0 Å². The molecule has 0 spiro atoms. The van der Waals surface area contributed by atoms with Crippen LogP contribution in [0.25, 0.3) is 0 Å². The third-order valence-corrected chi connectivity index (χ3v) is 5.30. The van der Waals surface area contributed by atoms with E-state index in [0.717, 1.165) is 12.8 Å². The van der Waals surface area contributed by atoms with Crippen LogP contribution < -0.4 is 4.72 Å². The summed E-state index contributed by atoms with van der Waals surface area (Å²) in [5.74, 6) is 0.125. The smallest absolute Gasteiger partial charge is 0.279 e. The van der Waals surface area contributed by atoms with Crippen LogP contribution >= 0.6 is 0 Å². The second-order valence-electron chi connectivity index (χ2n) is 5.57. The molecular weight excluding hydrogens is 280 g/mol. The summed E-state index contributed by atoms with van der Waals surface area (Å²) >= 11 is 0. The molecule has 0 aromatic heterocycles. The fraction of sp³-hybridized carbons (Fsp3) is 1.00. The number of aliphatic hydroxyl groups is 1. The summed E-state index contributed by atoms with van der Waals surface area (Å²) in [6, 6.07) is 0. The molecule has 1 rings (SSSR count). The molecule has 120 valence electrons. The van der Waals surface area contributed by atoms with Crippen LogP contribution in [0, 0.1) is 5.92 Å². The average Bonchev–Trinajstić information content (AvgIpc) is 2.37. The van der Waals surface area contributed by atoms with E-state index in [1.807, 2.05) is 27.7 Å². The summed E-state index contributed by atoms with van der Waals surface area (Å²) in [6.07, 6.45) is 0.810. The van der Waals surface area contributed by atoms with Crippen LogP contribution in [0.3, 0.4) is 0 Å². The van der Waals surface area contributed by atoms with Crippen LogP contribution in [0.1, 0.15) is 40.5 Å². The van der Waals surface area contributed by atoms with Gasteiger partial charge < -0.3 is 9.84 Å². The topological polar surface area (TPSA) is 78.9 Å². The third-order valence-electron chi connectivity index (χ3n) is 3.79. The van der Waals surface area contributed by atoms with Crippen LogP contribution in [0.15, 0.2) is 0 Å². The van der Waals surface area contributed by atoms with Crippen molar-refractivity contribution in [1.29, 1.82) is 0 Å². The number of ether oxygens (including phenoxy) is 1. The van der Waals surface area contributed by atoms with Crippen molar-refractivity contribution >= 4 is 10.2 Å². The maximum atomic E-state index is 12.2. The Balaban J connectivity index is 2.57. The highest BCUT2D eigenvalue weighted by Crippen LogP contribution is 2.15. The molecular formula is C13H28N2O4S. The van der Waals surface area contributed by atoms with Crippen molar-refractivity contribution < 1.29 is 18.3 Å². The molecule has 7 heteroatoms. The van der Waals surface area contributed by atoms with Crippen molar-refractivity contribution in [1.82, 2.24) is 9.03 Å². The lowest BCUT2D eigenvalue weighted by Gasteiger charge is -2.34. The Morgan fingerprint density at radius 3 is 2.20 bits per heavy atom. The highest BCUT2D eigenvalue weighted by molar-refractivity contribution is 7.87. The van der Waals surface area contributed by atoms with Gasteiger partial charge in [0, 0.05) is 19.6 Å². The molecule has 0 saturated carbocycles. The zero-order valence-electron chi connectivity index (χ0n) is 12.9. The summed E-state index contributed by atoms with van der Waals surface area (Å²) < 4.78 is 33.9. The van der Waals surface area contributed by atoms with Crippen LogP contribution in [0.2, 0.25) is 0 Å². The number of hydrogen-bond donors (Lipinski definition) is 2. The van der Waals surface area contributed by atoms with Crippen molar-refractivity contribution in [3.8, 4) is 0 Å². The van der Waals surface area contributed by atoms with Gasteiger partial charge in [0.1, 0.15) is 0 Å². The SMILES string of the molecule is CCC(CC)C(O)CNS(=O)(=O)N1CC(C)OC(C)C1. The van der Waals surface area contributed by atoms with Crippen LogP contribution in [-0.2, 0) is 14.9 Å². The van der Waals surface area contributed by atoms with Gasteiger partial charge in [0.25, 0.3) is 10.2 Å². The first-order valence-corrected chi connectivity index (χ1v) is 8.82. The molecule has 1 heterocycles. The molecule has 0 amide bonds. The molecule has 0 bridgehead atoms. The van der Waals surface area contributed by atoms with Gasteiger partial charge in [0.2, 0.25) is 0 Å². The van der Waals surface area contributed by atoms with E-state index in [4.69, 9.17) is 4.74 Å². The lowest BCUT2D eigenvalue weighted by atomic mass is 9.97. The van der Waals surface area contributed by atoms with E-state index in [0.29, 0.717) is 13.1 Å². The van der Waals surface area contributed by atoms with Crippen LogP contribution in [-0.4, -0.2) is 55.8 Å². The predicted molar refractivity (Wildman–Crippen MR) is 78.6 cm³/mol. The van der Waals surface area contributed by atoms with Crippen molar-refractivity contribution in [2.24, 2.45) is 5.92 Å². The Hall–Kier alpha value is -0.210. The molecule has 2 N–H and O–H groups in total. The fourth-order valence-electron chi connectivity index (χ4n) is 2.61. The third kappa shape index (κ3) is 4.96. The van der Waals surface area contributed by atoms with E-state index in [-0.39, 0.29) is 24.7 Å². The highest BCUT2D eigenvalue weighted by atomic mass is 32.2. The van der Waals surface area contributed by atoms with Crippen molar-refractivity contribution in [2.75, 3.05) is 19.6 Å². The molecule has 0 aromatic carbocycles. The number of hydrogen-bond acceptors (Lipinski definition) is 4. The zero-order chi connectivity index (χ0) is 15.3. The minimum absolute atomic E-state index is 0.0643. The van der Waals surface area contributed by atoms with Crippen LogP contribution in [0.4, 0.5) is 0 Å². The Labute approximate surface area is 122 Å². The molecule has 0 aromatic rings. The molecule has 6 nitrogen and oxygen atoms in total. The van der Waals surface area contributed by atoms with Crippen molar-refractivity contribution in [3.05, 3.63) is 0 Å². The first-order valence-electron chi connectivity index (χ1n) is 7.38.